The first-order valence-corrected chi connectivity index (χ1v) is 9.99. The molecule has 0 N–H and O–H groups in total. The third-order valence-corrected chi connectivity index (χ3v) is 5.61. The number of hydrogen-bond donors (Lipinski definition) is 0. The van der Waals surface area contributed by atoms with Crippen LogP contribution in [-0.4, -0.2) is 45.5 Å². The van der Waals surface area contributed by atoms with E-state index in [1.165, 1.54) is 10.6 Å². The van der Waals surface area contributed by atoms with Crippen LogP contribution in [0.15, 0.2) is 59.5 Å². The summed E-state index contributed by atoms with van der Waals surface area (Å²) in [4.78, 5) is 35.7. The number of pyridine rings is 1. The summed E-state index contributed by atoms with van der Waals surface area (Å²) >= 11 is 0. The van der Waals surface area contributed by atoms with Crippen molar-refractivity contribution in [2.75, 3.05) is 20.2 Å². The van der Waals surface area contributed by atoms with Crippen LogP contribution in [0.4, 0.5) is 0 Å². The first-order chi connectivity index (χ1) is 14.6. The maximum absolute atomic E-state index is 12.8. The van der Waals surface area contributed by atoms with Crippen LogP contribution in [-0.2, 0) is 7.05 Å². The molecule has 3 aromatic rings. The van der Waals surface area contributed by atoms with Gasteiger partial charge < -0.3 is 14.2 Å². The Hall–Kier alpha value is -3.48. The highest BCUT2D eigenvalue weighted by atomic mass is 16.5. The molecule has 0 spiro atoms. The van der Waals surface area contributed by atoms with Gasteiger partial charge in [-0.3, -0.25) is 9.59 Å². The normalized spacial score (nSPS) is 14.5. The summed E-state index contributed by atoms with van der Waals surface area (Å²) in [6.45, 7) is 1.23. The van der Waals surface area contributed by atoms with E-state index >= 15 is 0 Å². The predicted octanol–water partition coefficient (Wildman–Crippen LogP) is 2.87. The van der Waals surface area contributed by atoms with Gasteiger partial charge in [0.25, 0.3) is 11.5 Å². The van der Waals surface area contributed by atoms with Crippen LogP contribution >= 0.6 is 0 Å². The minimum Gasteiger partial charge on any atom is -0.497 e. The molecule has 1 fully saturated rings. The van der Waals surface area contributed by atoms with Crippen molar-refractivity contribution in [3.05, 3.63) is 76.6 Å². The van der Waals surface area contributed by atoms with Crippen molar-refractivity contribution in [2.45, 2.75) is 18.8 Å². The lowest BCUT2D eigenvalue weighted by atomic mass is 9.95. The molecule has 0 bridgehead atoms. The Labute approximate surface area is 175 Å². The quantitative estimate of drug-likeness (QED) is 0.668. The van der Waals surface area contributed by atoms with Crippen LogP contribution in [0.1, 0.15) is 35.1 Å². The summed E-state index contributed by atoms with van der Waals surface area (Å²) in [6, 6.07) is 14.5. The molecule has 30 heavy (non-hydrogen) atoms. The van der Waals surface area contributed by atoms with Gasteiger partial charge in [0.2, 0.25) is 0 Å². The average molecular weight is 404 g/mol. The Kier molecular flexibility index (Phi) is 5.61. The fourth-order valence-corrected chi connectivity index (χ4v) is 3.77. The molecule has 1 aliphatic rings. The fraction of sp³-hybridized carbons (Fsp3) is 0.304. The van der Waals surface area contributed by atoms with Crippen molar-refractivity contribution in [1.29, 1.82) is 0 Å². The van der Waals surface area contributed by atoms with Crippen LogP contribution in [0.25, 0.3) is 11.3 Å². The van der Waals surface area contributed by atoms with E-state index in [1.54, 1.807) is 37.4 Å². The molecule has 2 aromatic heterocycles. The maximum atomic E-state index is 12.8. The zero-order valence-electron chi connectivity index (χ0n) is 17.1. The summed E-state index contributed by atoms with van der Waals surface area (Å²) < 4.78 is 6.61. The first-order valence-electron chi connectivity index (χ1n) is 9.99. The lowest BCUT2D eigenvalue weighted by molar-refractivity contribution is 0.0700. The molecule has 0 aliphatic carbocycles. The smallest absolute Gasteiger partial charge is 0.270 e. The summed E-state index contributed by atoms with van der Waals surface area (Å²) in [5, 5.41) is 0. The molecule has 0 unspecified atom stereocenters. The maximum Gasteiger partial charge on any atom is 0.270 e. The van der Waals surface area contributed by atoms with Crippen LogP contribution in [0.5, 0.6) is 5.75 Å². The van der Waals surface area contributed by atoms with E-state index in [1.807, 2.05) is 30.3 Å². The van der Waals surface area contributed by atoms with Crippen LogP contribution in [0.3, 0.4) is 0 Å². The third kappa shape index (κ3) is 3.96. The number of hydrogen-bond acceptors (Lipinski definition) is 5. The second-order valence-electron chi connectivity index (χ2n) is 7.40. The van der Waals surface area contributed by atoms with E-state index in [2.05, 4.69) is 4.98 Å². The molecule has 7 nitrogen and oxygen atoms in total. The van der Waals surface area contributed by atoms with E-state index in [0.29, 0.717) is 18.8 Å². The summed E-state index contributed by atoms with van der Waals surface area (Å²) in [7, 11) is 3.27. The summed E-state index contributed by atoms with van der Waals surface area (Å²) in [5.41, 5.74) is 2.12. The number of carbonyl (C=O) groups is 1. The second-order valence-corrected chi connectivity index (χ2v) is 7.40. The lowest BCUT2D eigenvalue weighted by Gasteiger charge is -2.31. The Morgan fingerprint density at radius 1 is 1.07 bits per heavy atom. The average Bonchev–Trinajstić information content (AvgIpc) is 2.81. The molecule has 3 heterocycles. The highest BCUT2D eigenvalue weighted by Crippen LogP contribution is 2.28. The van der Waals surface area contributed by atoms with E-state index in [4.69, 9.17) is 9.72 Å². The Balaban J connectivity index is 1.46. The molecule has 1 aromatic carbocycles. The number of likely N-dealkylation sites (tertiary alicyclic amines) is 1. The molecule has 4 rings (SSSR count). The molecular formula is C23H24N4O3. The standard InChI is InChI=1S/C23H24N4O3/c1-26-20(4-3-5-21(26)28)23(29)27-14-11-17(12-15-27)22-24-13-10-19(25-22)16-6-8-18(30-2)9-7-16/h3-10,13,17H,11-12,14-15H2,1-2H3. The summed E-state index contributed by atoms with van der Waals surface area (Å²) in [5.74, 6) is 1.71. The molecule has 1 amide bonds. The van der Waals surface area contributed by atoms with E-state index in [-0.39, 0.29) is 17.4 Å². The van der Waals surface area contributed by atoms with Gasteiger partial charge in [-0.2, -0.15) is 0 Å². The van der Waals surface area contributed by atoms with Crippen molar-refractivity contribution in [2.24, 2.45) is 7.05 Å². The van der Waals surface area contributed by atoms with E-state index in [9.17, 15) is 9.59 Å². The first kappa shape index (κ1) is 19.8. The molecule has 7 heteroatoms. The molecule has 0 saturated carbocycles. The van der Waals surface area contributed by atoms with E-state index < -0.39 is 0 Å². The van der Waals surface area contributed by atoms with Gasteiger partial charge in [-0.1, -0.05) is 6.07 Å². The number of benzene rings is 1. The summed E-state index contributed by atoms with van der Waals surface area (Å²) in [6.07, 6.45) is 3.37. The number of methoxy groups -OCH3 is 1. The van der Waals surface area contributed by atoms with Crippen LogP contribution in [0.2, 0.25) is 0 Å². The van der Waals surface area contributed by atoms with Crippen LogP contribution < -0.4 is 10.3 Å². The van der Waals surface area contributed by atoms with Crippen molar-refractivity contribution in [3.63, 3.8) is 0 Å². The topological polar surface area (TPSA) is 77.3 Å². The molecule has 1 saturated heterocycles. The SMILES string of the molecule is COc1ccc(-c2ccnc(C3CCN(C(=O)c4cccc(=O)n4C)CC3)n2)cc1. The third-order valence-electron chi connectivity index (χ3n) is 5.61. The number of carbonyl (C=O) groups excluding carboxylic acids is 1. The van der Waals surface area contributed by atoms with Crippen molar-refractivity contribution in [3.8, 4) is 17.0 Å². The van der Waals surface area contributed by atoms with Gasteiger partial charge in [-0.05, 0) is 49.2 Å². The molecule has 154 valence electrons. The Bertz CT molecular complexity index is 1100. The lowest BCUT2D eigenvalue weighted by Crippen LogP contribution is -2.40. The zero-order chi connectivity index (χ0) is 21.1. The van der Waals surface area contributed by atoms with Gasteiger partial charge >= 0.3 is 0 Å². The number of rotatable bonds is 4. The molecular weight excluding hydrogens is 380 g/mol. The fourth-order valence-electron chi connectivity index (χ4n) is 3.77. The highest BCUT2D eigenvalue weighted by molar-refractivity contribution is 5.92. The van der Waals surface area contributed by atoms with Gasteiger partial charge in [-0.25, -0.2) is 9.97 Å². The highest BCUT2D eigenvalue weighted by Gasteiger charge is 2.27. The van der Waals surface area contributed by atoms with Gasteiger partial charge in [0, 0.05) is 43.9 Å². The molecule has 1 aliphatic heterocycles. The zero-order valence-corrected chi connectivity index (χ0v) is 17.1. The number of ether oxygens (including phenoxy) is 1. The predicted molar refractivity (Wildman–Crippen MR) is 114 cm³/mol. The van der Waals surface area contributed by atoms with Gasteiger partial charge in [0.05, 0.1) is 12.8 Å². The van der Waals surface area contributed by atoms with E-state index in [0.717, 1.165) is 35.7 Å². The van der Waals surface area contributed by atoms with Gasteiger partial charge in [0.15, 0.2) is 0 Å². The minimum atomic E-state index is -0.181. The number of piperidine rings is 1. The Morgan fingerprint density at radius 2 is 1.80 bits per heavy atom. The van der Waals surface area contributed by atoms with Gasteiger partial charge in [0.1, 0.15) is 17.3 Å². The molecule has 0 atom stereocenters. The van der Waals surface area contributed by atoms with Crippen molar-refractivity contribution in [1.82, 2.24) is 19.4 Å². The molecule has 0 radical (unpaired) electrons. The number of amides is 1. The number of aromatic nitrogens is 3. The Morgan fingerprint density at radius 3 is 2.50 bits per heavy atom. The largest absolute Gasteiger partial charge is 0.497 e. The van der Waals surface area contributed by atoms with Crippen molar-refractivity contribution >= 4 is 5.91 Å². The monoisotopic (exact) mass is 404 g/mol. The van der Waals surface area contributed by atoms with Crippen LogP contribution in [0, 0.1) is 0 Å². The van der Waals surface area contributed by atoms with Crippen molar-refractivity contribution < 1.29 is 9.53 Å². The number of nitrogens with zero attached hydrogens (tertiary/aromatic N) is 4. The van der Waals surface area contributed by atoms with Gasteiger partial charge in [-0.15, -0.1) is 0 Å². The second kappa shape index (κ2) is 8.49. The minimum absolute atomic E-state index is 0.110.